The van der Waals surface area contributed by atoms with Crippen LogP contribution in [-0.4, -0.2) is 27.0 Å². The summed E-state index contributed by atoms with van der Waals surface area (Å²) in [7, 11) is 0. The van der Waals surface area contributed by atoms with Crippen LogP contribution in [0.4, 0.5) is 0 Å². The summed E-state index contributed by atoms with van der Waals surface area (Å²) in [6.07, 6.45) is 0. The van der Waals surface area contributed by atoms with E-state index in [0.717, 1.165) is 0 Å². The van der Waals surface area contributed by atoms with E-state index in [9.17, 15) is 9.59 Å². The van der Waals surface area contributed by atoms with Gasteiger partial charge in [0, 0.05) is 6.92 Å². The lowest BCUT2D eigenvalue weighted by Gasteiger charge is -1.96. The minimum atomic E-state index is -0.997. The minimum Gasteiger partial charge on any atom is -0.478 e. The van der Waals surface area contributed by atoms with Gasteiger partial charge in [0.1, 0.15) is 12.4 Å². The van der Waals surface area contributed by atoms with E-state index in [1.165, 1.54) is 19.1 Å². The van der Waals surface area contributed by atoms with Crippen LogP contribution in [0.3, 0.4) is 0 Å². The second kappa shape index (κ2) is 4.25. The Morgan fingerprint density at radius 2 is 2.24 bits per heavy atom. The van der Waals surface area contributed by atoms with E-state index in [-0.39, 0.29) is 12.2 Å². The summed E-state index contributed by atoms with van der Waals surface area (Å²) >= 11 is 0. The molecule has 88 valence electrons. The van der Waals surface area contributed by atoms with Gasteiger partial charge in [-0.3, -0.25) is 4.79 Å². The van der Waals surface area contributed by atoms with Crippen LogP contribution in [0.25, 0.3) is 11.0 Å². The standard InChI is InChI=1S/C11H10N2O4/c1-6(14)17-5-10-12-8-3-2-7(11(15)16)4-9(8)13-10/h2-4H,5H2,1H3,(H,12,13)(H,15,16). The number of aromatic nitrogens is 2. The Morgan fingerprint density at radius 1 is 1.47 bits per heavy atom. The fourth-order valence-corrected chi connectivity index (χ4v) is 1.43. The van der Waals surface area contributed by atoms with Crippen LogP contribution in [0.15, 0.2) is 18.2 Å². The Balaban J connectivity index is 2.30. The fourth-order valence-electron chi connectivity index (χ4n) is 1.43. The van der Waals surface area contributed by atoms with Gasteiger partial charge in [-0.1, -0.05) is 0 Å². The van der Waals surface area contributed by atoms with Crippen LogP contribution in [0.1, 0.15) is 23.1 Å². The minimum absolute atomic E-state index is 0.0480. The van der Waals surface area contributed by atoms with E-state index in [4.69, 9.17) is 9.84 Å². The van der Waals surface area contributed by atoms with Crippen molar-refractivity contribution in [3.63, 3.8) is 0 Å². The molecule has 6 heteroatoms. The lowest BCUT2D eigenvalue weighted by Crippen LogP contribution is -1.99. The summed E-state index contributed by atoms with van der Waals surface area (Å²) in [6.45, 7) is 1.36. The predicted octanol–water partition coefficient (Wildman–Crippen LogP) is 1.32. The third-order valence-corrected chi connectivity index (χ3v) is 2.19. The first-order chi connectivity index (χ1) is 8.06. The van der Waals surface area contributed by atoms with Gasteiger partial charge in [-0.2, -0.15) is 0 Å². The summed E-state index contributed by atoms with van der Waals surface area (Å²) in [4.78, 5) is 28.5. The SMILES string of the molecule is CC(=O)OCc1nc2ccc(C(=O)O)cc2[nH]1. The highest BCUT2D eigenvalue weighted by molar-refractivity contribution is 5.92. The number of carboxylic acids is 1. The molecule has 6 nitrogen and oxygen atoms in total. The number of H-pyrrole nitrogens is 1. The Labute approximate surface area is 96.2 Å². The molecule has 0 unspecified atom stereocenters. The molecule has 0 saturated heterocycles. The van der Waals surface area contributed by atoms with Crippen LogP contribution in [-0.2, 0) is 16.1 Å². The highest BCUT2D eigenvalue weighted by Crippen LogP contribution is 2.14. The molecular formula is C11H10N2O4. The highest BCUT2D eigenvalue weighted by atomic mass is 16.5. The molecule has 0 amide bonds. The molecule has 2 N–H and O–H groups in total. The van der Waals surface area contributed by atoms with Gasteiger partial charge in [0.15, 0.2) is 0 Å². The molecule has 0 aliphatic carbocycles. The third kappa shape index (κ3) is 2.41. The fraction of sp³-hybridized carbons (Fsp3) is 0.182. The maximum absolute atomic E-state index is 10.8. The Kier molecular flexibility index (Phi) is 2.78. The van der Waals surface area contributed by atoms with Crippen LogP contribution in [0.5, 0.6) is 0 Å². The van der Waals surface area contributed by atoms with Crippen molar-refractivity contribution in [1.29, 1.82) is 0 Å². The molecular weight excluding hydrogens is 224 g/mol. The number of nitrogens with one attached hydrogen (secondary N) is 1. The lowest BCUT2D eigenvalue weighted by atomic mass is 10.2. The molecule has 1 aromatic carbocycles. The van der Waals surface area contributed by atoms with Crippen LogP contribution in [0.2, 0.25) is 0 Å². The summed E-state index contributed by atoms with van der Waals surface area (Å²) < 4.78 is 4.79. The molecule has 2 rings (SSSR count). The highest BCUT2D eigenvalue weighted by Gasteiger charge is 2.08. The molecule has 0 radical (unpaired) electrons. The second-order valence-electron chi connectivity index (χ2n) is 3.50. The predicted molar refractivity (Wildman–Crippen MR) is 58.5 cm³/mol. The van der Waals surface area contributed by atoms with Crippen molar-refractivity contribution in [3.05, 3.63) is 29.6 Å². The lowest BCUT2D eigenvalue weighted by molar-refractivity contribution is -0.142. The summed E-state index contributed by atoms with van der Waals surface area (Å²) in [6, 6.07) is 4.57. The van der Waals surface area contributed by atoms with E-state index in [0.29, 0.717) is 16.9 Å². The number of ether oxygens (including phenoxy) is 1. The number of aromatic amines is 1. The van der Waals surface area contributed by atoms with Crippen LogP contribution in [0, 0.1) is 0 Å². The average molecular weight is 234 g/mol. The summed E-state index contributed by atoms with van der Waals surface area (Å²) in [5.74, 6) is -0.905. The van der Waals surface area contributed by atoms with Gasteiger partial charge in [0.05, 0.1) is 16.6 Å². The van der Waals surface area contributed by atoms with Gasteiger partial charge >= 0.3 is 11.9 Å². The summed E-state index contributed by atoms with van der Waals surface area (Å²) in [5.41, 5.74) is 1.42. The Morgan fingerprint density at radius 3 is 2.88 bits per heavy atom. The smallest absolute Gasteiger partial charge is 0.335 e. The number of carbonyl (C=O) groups is 2. The number of nitrogens with zero attached hydrogens (tertiary/aromatic N) is 1. The van der Waals surface area contributed by atoms with Crippen molar-refractivity contribution < 1.29 is 19.4 Å². The normalized spacial score (nSPS) is 10.4. The van der Waals surface area contributed by atoms with Crippen molar-refractivity contribution in [1.82, 2.24) is 9.97 Å². The third-order valence-electron chi connectivity index (χ3n) is 2.19. The number of carbonyl (C=O) groups excluding carboxylic acids is 1. The number of hydrogen-bond donors (Lipinski definition) is 2. The first kappa shape index (κ1) is 11.1. The molecule has 1 heterocycles. The molecule has 0 atom stereocenters. The average Bonchev–Trinajstić information content (AvgIpc) is 2.67. The topological polar surface area (TPSA) is 92.3 Å². The number of carboxylic acid groups (broad SMARTS) is 1. The van der Waals surface area contributed by atoms with Gasteiger partial charge in [-0.15, -0.1) is 0 Å². The molecule has 0 fully saturated rings. The number of rotatable bonds is 3. The number of benzene rings is 1. The molecule has 17 heavy (non-hydrogen) atoms. The maximum atomic E-state index is 10.8. The van der Waals surface area contributed by atoms with Crippen LogP contribution >= 0.6 is 0 Å². The molecule has 0 aliphatic rings. The van der Waals surface area contributed by atoms with Crippen molar-refractivity contribution in [3.8, 4) is 0 Å². The van der Waals surface area contributed by atoms with Gasteiger partial charge in [0.25, 0.3) is 0 Å². The molecule has 2 aromatic rings. The second-order valence-corrected chi connectivity index (χ2v) is 3.50. The maximum Gasteiger partial charge on any atom is 0.335 e. The molecule has 0 spiro atoms. The van der Waals surface area contributed by atoms with Crippen LogP contribution < -0.4 is 0 Å². The van der Waals surface area contributed by atoms with Gasteiger partial charge < -0.3 is 14.8 Å². The molecule has 1 aromatic heterocycles. The van der Waals surface area contributed by atoms with Crippen molar-refractivity contribution in [2.45, 2.75) is 13.5 Å². The number of fused-ring (bicyclic) bond motifs is 1. The number of aromatic carboxylic acids is 1. The van der Waals surface area contributed by atoms with Gasteiger partial charge in [-0.25, -0.2) is 9.78 Å². The zero-order chi connectivity index (χ0) is 12.4. The largest absolute Gasteiger partial charge is 0.478 e. The van der Waals surface area contributed by atoms with E-state index in [2.05, 4.69) is 9.97 Å². The van der Waals surface area contributed by atoms with E-state index in [1.54, 1.807) is 6.07 Å². The summed E-state index contributed by atoms with van der Waals surface area (Å²) in [5, 5.41) is 8.82. The van der Waals surface area contributed by atoms with E-state index in [1.807, 2.05) is 0 Å². The Hall–Kier alpha value is -2.37. The van der Waals surface area contributed by atoms with Crippen molar-refractivity contribution >= 4 is 23.0 Å². The van der Waals surface area contributed by atoms with Gasteiger partial charge in [0.2, 0.25) is 0 Å². The molecule has 0 aliphatic heterocycles. The van der Waals surface area contributed by atoms with Crippen molar-refractivity contribution in [2.24, 2.45) is 0 Å². The van der Waals surface area contributed by atoms with E-state index < -0.39 is 11.9 Å². The zero-order valence-electron chi connectivity index (χ0n) is 9.06. The first-order valence-electron chi connectivity index (χ1n) is 4.91. The van der Waals surface area contributed by atoms with Gasteiger partial charge in [-0.05, 0) is 18.2 Å². The number of imidazole rings is 1. The number of hydrogen-bond acceptors (Lipinski definition) is 4. The monoisotopic (exact) mass is 234 g/mol. The van der Waals surface area contributed by atoms with E-state index >= 15 is 0 Å². The zero-order valence-corrected chi connectivity index (χ0v) is 9.06. The van der Waals surface area contributed by atoms with Crippen molar-refractivity contribution in [2.75, 3.05) is 0 Å². The molecule has 0 saturated carbocycles. The Bertz CT molecular complexity index is 588. The molecule has 0 bridgehead atoms. The first-order valence-corrected chi connectivity index (χ1v) is 4.91. The number of esters is 1. The quantitative estimate of drug-likeness (QED) is 0.781.